The molecule has 1 aromatic rings. The van der Waals surface area contributed by atoms with Crippen molar-refractivity contribution < 1.29 is 0 Å². The number of benzene rings is 1. The second-order valence-corrected chi connectivity index (χ2v) is 5.51. The zero-order valence-electron chi connectivity index (χ0n) is 10.9. The molecule has 2 nitrogen and oxygen atoms in total. The average molecular weight is 232 g/mol. The number of rotatable bonds is 4. The smallest absolute Gasteiger partial charge is 0.0488 e. The van der Waals surface area contributed by atoms with Gasteiger partial charge >= 0.3 is 0 Å². The van der Waals surface area contributed by atoms with Crippen LogP contribution >= 0.6 is 0 Å². The fourth-order valence-corrected chi connectivity index (χ4v) is 2.88. The van der Waals surface area contributed by atoms with Gasteiger partial charge in [0.15, 0.2) is 0 Å². The number of hydrogen-bond acceptors (Lipinski definition) is 2. The number of hydrogen-bond donors (Lipinski definition) is 2. The molecule has 1 atom stereocenters. The largest absolute Gasteiger partial charge is 0.271 e. The molecule has 1 unspecified atom stereocenters. The summed E-state index contributed by atoms with van der Waals surface area (Å²) in [5.74, 6) is 7.04. The fraction of sp³-hybridized carbons (Fsp3) is 0.600. The van der Waals surface area contributed by atoms with Crippen molar-refractivity contribution in [2.75, 3.05) is 0 Å². The lowest BCUT2D eigenvalue weighted by molar-refractivity contribution is 0.373. The minimum Gasteiger partial charge on any atom is -0.271 e. The van der Waals surface area contributed by atoms with E-state index in [1.807, 2.05) is 0 Å². The van der Waals surface area contributed by atoms with Crippen molar-refractivity contribution >= 4 is 0 Å². The van der Waals surface area contributed by atoms with Crippen LogP contribution in [0.3, 0.4) is 0 Å². The highest BCUT2D eigenvalue weighted by Gasteiger charge is 2.25. The molecule has 0 bridgehead atoms. The van der Waals surface area contributed by atoms with E-state index in [1.54, 1.807) is 0 Å². The highest BCUT2D eigenvalue weighted by Crippen LogP contribution is 2.35. The summed E-state index contributed by atoms with van der Waals surface area (Å²) in [5, 5.41) is 0. The first kappa shape index (κ1) is 12.6. The molecule has 17 heavy (non-hydrogen) atoms. The lowest BCUT2D eigenvalue weighted by atomic mass is 9.90. The second kappa shape index (κ2) is 5.65. The monoisotopic (exact) mass is 232 g/mol. The molecule has 1 aromatic carbocycles. The minimum absolute atomic E-state index is 0.332. The predicted octanol–water partition coefficient (Wildman–Crippen LogP) is 3.50. The van der Waals surface area contributed by atoms with Gasteiger partial charge in [-0.25, -0.2) is 0 Å². The molecule has 1 aliphatic carbocycles. The number of nitrogens with two attached hydrogens (primary N) is 1. The van der Waals surface area contributed by atoms with Crippen molar-refractivity contribution in [2.45, 2.75) is 51.5 Å². The second-order valence-electron chi connectivity index (χ2n) is 5.51. The molecule has 1 saturated carbocycles. The lowest BCUT2D eigenvalue weighted by Gasteiger charge is -2.23. The van der Waals surface area contributed by atoms with Crippen LogP contribution in [-0.4, -0.2) is 0 Å². The van der Waals surface area contributed by atoms with Crippen LogP contribution in [0.2, 0.25) is 0 Å². The first-order chi connectivity index (χ1) is 8.22. The van der Waals surface area contributed by atoms with E-state index in [9.17, 15) is 0 Å². The SMILES string of the molecule is CC(C)c1ccc(C(NN)C2CCCC2)cc1. The van der Waals surface area contributed by atoms with Gasteiger partial charge in [0.1, 0.15) is 0 Å². The molecular formula is C15H24N2. The molecule has 1 aliphatic rings. The third-order valence-electron chi connectivity index (χ3n) is 4.01. The highest BCUT2D eigenvalue weighted by atomic mass is 15.2. The van der Waals surface area contributed by atoms with Crippen LogP contribution in [0.15, 0.2) is 24.3 Å². The first-order valence-corrected chi connectivity index (χ1v) is 6.78. The van der Waals surface area contributed by atoms with E-state index in [4.69, 9.17) is 5.84 Å². The van der Waals surface area contributed by atoms with E-state index in [-0.39, 0.29) is 0 Å². The van der Waals surface area contributed by atoms with Gasteiger partial charge in [0.05, 0.1) is 0 Å². The zero-order chi connectivity index (χ0) is 12.3. The minimum atomic E-state index is 0.332. The Balaban J connectivity index is 2.13. The van der Waals surface area contributed by atoms with Crippen LogP contribution in [-0.2, 0) is 0 Å². The summed E-state index contributed by atoms with van der Waals surface area (Å²) in [4.78, 5) is 0. The van der Waals surface area contributed by atoms with E-state index in [0.29, 0.717) is 17.9 Å². The number of nitrogens with one attached hydrogen (secondary N) is 1. The average Bonchev–Trinajstić information content (AvgIpc) is 2.84. The van der Waals surface area contributed by atoms with Crippen molar-refractivity contribution in [1.82, 2.24) is 5.43 Å². The highest BCUT2D eigenvalue weighted by molar-refractivity contribution is 5.27. The maximum atomic E-state index is 5.73. The summed E-state index contributed by atoms with van der Waals surface area (Å²) < 4.78 is 0. The lowest BCUT2D eigenvalue weighted by Crippen LogP contribution is -2.32. The fourth-order valence-electron chi connectivity index (χ4n) is 2.88. The van der Waals surface area contributed by atoms with E-state index in [1.165, 1.54) is 36.8 Å². The summed E-state index contributed by atoms with van der Waals surface area (Å²) in [7, 11) is 0. The summed E-state index contributed by atoms with van der Waals surface area (Å²) in [6.45, 7) is 4.45. The van der Waals surface area contributed by atoms with Crippen molar-refractivity contribution in [3.8, 4) is 0 Å². The number of hydrazine groups is 1. The molecule has 0 aromatic heterocycles. The van der Waals surface area contributed by atoms with Gasteiger partial charge in [0.25, 0.3) is 0 Å². The quantitative estimate of drug-likeness (QED) is 0.616. The van der Waals surface area contributed by atoms with Gasteiger partial charge in [-0.2, -0.15) is 0 Å². The maximum Gasteiger partial charge on any atom is 0.0488 e. The van der Waals surface area contributed by atoms with Gasteiger partial charge in [-0.1, -0.05) is 51.0 Å². The van der Waals surface area contributed by atoms with E-state index < -0.39 is 0 Å². The van der Waals surface area contributed by atoms with Crippen LogP contribution < -0.4 is 11.3 Å². The predicted molar refractivity (Wildman–Crippen MR) is 72.6 cm³/mol. The molecule has 0 saturated heterocycles. The molecule has 0 aliphatic heterocycles. The van der Waals surface area contributed by atoms with Crippen molar-refractivity contribution in [2.24, 2.45) is 11.8 Å². The Bertz CT molecular complexity index is 336. The van der Waals surface area contributed by atoms with Gasteiger partial charge < -0.3 is 0 Å². The molecule has 94 valence electrons. The van der Waals surface area contributed by atoms with Crippen molar-refractivity contribution in [3.63, 3.8) is 0 Å². The third-order valence-corrected chi connectivity index (χ3v) is 4.01. The van der Waals surface area contributed by atoms with Crippen molar-refractivity contribution in [3.05, 3.63) is 35.4 Å². The van der Waals surface area contributed by atoms with Crippen LogP contribution in [0, 0.1) is 5.92 Å². The van der Waals surface area contributed by atoms with E-state index in [0.717, 1.165) is 0 Å². The standard InChI is InChI=1S/C15H24N2/c1-11(2)12-7-9-14(10-8-12)15(17-16)13-5-3-4-6-13/h7-11,13,15,17H,3-6,16H2,1-2H3. The summed E-state index contributed by atoms with van der Waals surface area (Å²) in [6, 6.07) is 9.27. The zero-order valence-corrected chi connectivity index (χ0v) is 10.9. The van der Waals surface area contributed by atoms with E-state index in [2.05, 4.69) is 43.5 Å². The van der Waals surface area contributed by atoms with Crippen LogP contribution in [0.25, 0.3) is 0 Å². The van der Waals surface area contributed by atoms with Gasteiger partial charge in [0, 0.05) is 6.04 Å². The summed E-state index contributed by atoms with van der Waals surface area (Å²) in [6.07, 6.45) is 5.32. The molecule has 0 spiro atoms. The molecule has 2 rings (SSSR count). The Kier molecular flexibility index (Phi) is 4.19. The molecule has 1 fully saturated rings. The van der Waals surface area contributed by atoms with Crippen molar-refractivity contribution in [1.29, 1.82) is 0 Å². The third kappa shape index (κ3) is 2.88. The van der Waals surface area contributed by atoms with Gasteiger partial charge in [-0.15, -0.1) is 0 Å². The van der Waals surface area contributed by atoms with Gasteiger partial charge in [0.2, 0.25) is 0 Å². The molecule has 0 amide bonds. The van der Waals surface area contributed by atoms with Crippen LogP contribution in [0.5, 0.6) is 0 Å². The molecule has 3 N–H and O–H groups in total. The normalized spacial score (nSPS) is 18.8. The van der Waals surface area contributed by atoms with Gasteiger partial charge in [-0.3, -0.25) is 11.3 Å². The maximum absolute atomic E-state index is 5.73. The van der Waals surface area contributed by atoms with E-state index >= 15 is 0 Å². The molecule has 0 heterocycles. The Morgan fingerprint density at radius 1 is 1.06 bits per heavy atom. The Morgan fingerprint density at radius 3 is 2.06 bits per heavy atom. The molecule has 2 heteroatoms. The van der Waals surface area contributed by atoms with Gasteiger partial charge in [-0.05, 0) is 35.8 Å². The molecular weight excluding hydrogens is 208 g/mol. The van der Waals surface area contributed by atoms with Crippen LogP contribution in [0.1, 0.15) is 62.6 Å². The molecule has 0 radical (unpaired) electrons. The summed E-state index contributed by atoms with van der Waals surface area (Å²) >= 11 is 0. The first-order valence-electron chi connectivity index (χ1n) is 6.78. The topological polar surface area (TPSA) is 38.0 Å². The van der Waals surface area contributed by atoms with Crippen LogP contribution in [0.4, 0.5) is 0 Å². The Hall–Kier alpha value is -0.860. The summed E-state index contributed by atoms with van der Waals surface area (Å²) in [5.41, 5.74) is 5.74. The Morgan fingerprint density at radius 2 is 1.59 bits per heavy atom. The Labute approximate surface area is 105 Å².